The average molecular weight is 420 g/mol. The highest BCUT2D eigenvalue weighted by Gasteiger charge is 2.34. The van der Waals surface area contributed by atoms with E-state index in [2.05, 4.69) is 19.9 Å². The third-order valence-electron chi connectivity index (χ3n) is 5.57. The lowest BCUT2D eigenvalue weighted by molar-refractivity contribution is -0.126. The number of fused-ring (bicyclic) bond motifs is 1. The first-order valence-electron chi connectivity index (χ1n) is 9.91. The number of hydrogen-bond donors (Lipinski definition) is 1. The number of carbonyl (C=O) groups is 1. The van der Waals surface area contributed by atoms with Gasteiger partial charge in [0.2, 0.25) is 0 Å². The molecular weight excluding hydrogens is 402 g/mol. The number of ketones is 1. The second-order valence-corrected chi connectivity index (χ2v) is 7.71. The van der Waals surface area contributed by atoms with Gasteiger partial charge in [0.05, 0.1) is 16.6 Å². The first kappa shape index (κ1) is 19.3. The Morgan fingerprint density at radius 2 is 1.84 bits per heavy atom. The number of nitrogens with one attached hydrogen (secondary N) is 1. The van der Waals surface area contributed by atoms with Gasteiger partial charge in [0.15, 0.2) is 0 Å². The minimum atomic E-state index is -0.470. The number of carbonyl (C=O) groups excluding carboxylic acids is 1. The van der Waals surface area contributed by atoms with Crippen molar-refractivity contribution in [1.29, 1.82) is 0 Å². The van der Waals surface area contributed by atoms with E-state index >= 15 is 0 Å². The van der Waals surface area contributed by atoms with Crippen LogP contribution in [-0.2, 0) is 4.79 Å². The van der Waals surface area contributed by atoms with Crippen molar-refractivity contribution in [1.82, 2.24) is 19.9 Å². The largest absolute Gasteiger partial charge is 0.460 e. The van der Waals surface area contributed by atoms with Gasteiger partial charge in [-0.1, -0.05) is 6.07 Å². The van der Waals surface area contributed by atoms with E-state index in [0.717, 1.165) is 0 Å². The van der Waals surface area contributed by atoms with Crippen LogP contribution in [0.5, 0.6) is 6.01 Å². The predicted molar refractivity (Wildman–Crippen MR) is 110 cm³/mol. The van der Waals surface area contributed by atoms with E-state index in [9.17, 15) is 13.6 Å². The number of ether oxygens (including phenoxy) is 1. The molecular formula is C23H18F2N4O2. The number of hydrogen-bond acceptors (Lipinski definition) is 5. The number of benzene rings is 2. The molecule has 156 valence electrons. The molecule has 31 heavy (non-hydrogen) atoms. The maximum Gasteiger partial charge on any atom is 0.316 e. The molecule has 2 aromatic heterocycles. The summed E-state index contributed by atoms with van der Waals surface area (Å²) in [7, 11) is 0. The summed E-state index contributed by atoms with van der Waals surface area (Å²) >= 11 is 0. The molecule has 0 unspecified atom stereocenters. The van der Waals surface area contributed by atoms with Gasteiger partial charge in [0.25, 0.3) is 0 Å². The van der Waals surface area contributed by atoms with Gasteiger partial charge in [0, 0.05) is 23.9 Å². The van der Waals surface area contributed by atoms with E-state index in [-0.39, 0.29) is 35.2 Å². The second-order valence-electron chi connectivity index (χ2n) is 7.71. The molecule has 1 saturated carbocycles. The molecule has 0 saturated heterocycles. The van der Waals surface area contributed by atoms with E-state index in [0.29, 0.717) is 40.8 Å². The normalized spacial score (nSPS) is 18.0. The average Bonchev–Trinajstić information content (AvgIpc) is 3.13. The molecule has 2 heterocycles. The number of aromatic nitrogens is 4. The molecule has 0 amide bonds. The Hall–Kier alpha value is -3.68. The zero-order chi connectivity index (χ0) is 21.5. The molecule has 1 fully saturated rings. The van der Waals surface area contributed by atoms with Crippen molar-refractivity contribution in [2.24, 2.45) is 5.92 Å². The van der Waals surface area contributed by atoms with Gasteiger partial charge in [-0.2, -0.15) is 0 Å². The number of nitrogens with zero attached hydrogens (tertiary/aromatic N) is 3. The summed E-state index contributed by atoms with van der Waals surface area (Å²) in [6.07, 6.45) is 4.46. The SMILES string of the molecule is CC(=O)C1CC(Oc2ncc(-c3ccc(-c4nc5ccc(F)cc5[nH]4)c(F)c3)cn2)C1. The van der Waals surface area contributed by atoms with E-state index < -0.39 is 5.82 Å². The molecule has 0 spiro atoms. The summed E-state index contributed by atoms with van der Waals surface area (Å²) in [5.74, 6) is -0.286. The van der Waals surface area contributed by atoms with Crippen molar-refractivity contribution < 1.29 is 18.3 Å². The Balaban J connectivity index is 1.33. The molecule has 0 bridgehead atoms. The van der Waals surface area contributed by atoms with Crippen LogP contribution in [0.2, 0.25) is 0 Å². The van der Waals surface area contributed by atoms with E-state index in [1.165, 1.54) is 18.2 Å². The third-order valence-corrected chi connectivity index (χ3v) is 5.57. The minimum absolute atomic E-state index is 0.0474. The van der Waals surface area contributed by atoms with E-state index in [1.807, 2.05) is 0 Å². The lowest BCUT2D eigenvalue weighted by atomic mass is 9.80. The van der Waals surface area contributed by atoms with Gasteiger partial charge >= 0.3 is 6.01 Å². The van der Waals surface area contributed by atoms with Crippen LogP contribution in [0.25, 0.3) is 33.5 Å². The lowest BCUT2D eigenvalue weighted by Gasteiger charge is -2.32. The van der Waals surface area contributed by atoms with Crippen molar-refractivity contribution in [2.45, 2.75) is 25.9 Å². The maximum atomic E-state index is 14.8. The van der Waals surface area contributed by atoms with Crippen LogP contribution in [-0.4, -0.2) is 31.8 Å². The topological polar surface area (TPSA) is 80.8 Å². The quantitative estimate of drug-likeness (QED) is 0.506. The van der Waals surface area contributed by atoms with Gasteiger partial charge < -0.3 is 9.72 Å². The molecule has 6 nitrogen and oxygen atoms in total. The second kappa shape index (κ2) is 7.54. The molecule has 1 N–H and O–H groups in total. The van der Waals surface area contributed by atoms with Crippen molar-refractivity contribution in [3.05, 3.63) is 60.4 Å². The summed E-state index contributed by atoms with van der Waals surface area (Å²) in [5.41, 5.74) is 2.59. The standard InChI is InChI=1S/C23H18F2N4O2/c1-12(30)14-6-17(7-14)31-23-26-10-15(11-27-23)13-2-4-18(19(25)8-13)22-28-20-5-3-16(24)9-21(20)29-22/h2-5,8-11,14,17H,6-7H2,1H3,(H,28,29). The number of Topliss-reactive ketones (excluding diaryl/α,β-unsaturated/α-hetero) is 1. The monoisotopic (exact) mass is 420 g/mol. The molecule has 8 heteroatoms. The number of imidazole rings is 1. The summed E-state index contributed by atoms with van der Waals surface area (Å²) in [6, 6.07) is 9.15. The highest BCUT2D eigenvalue weighted by Crippen LogP contribution is 2.32. The number of halogens is 2. The van der Waals surface area contributed by atoms with Gasteiger partial charge in [-0.05, 0) is 55.7 Å². The molecule has 0 atom stereocenters. The molecule has 0 radical (unpaired) electrons. The summed E-state index contributed by atoms with van der Waals surface area (Å²) in [6.45, 7) is 1.59. The van der Waals surface area contributed by atoms with E-state index in [1.54, 1.807) is 37.5 Å². The van der Waals surface area contributed by atoms with Crippen molar-refractivity contribution in [3.8, 4) is 28.5 Å². The molecule has 0 aliphatic heterocycles. The van der Waals surface area contributed by atoms with Gasteiger partial charge in [-0.25, -0.2) is 23.7 Å². The van der Waals surface area contributed by atoms with Crippen LogP contribution >= 0.6 is 0 Å². The molecule has 1 aliphatic rings. The van der Waals surface area contributed by atoms with Crippen LogP contribution in [0.3, 0.4) is 0 Å². The number of H-pyrrole nitrogens is 1. The zero-order valence-corrected chi connectivity index (χ0v) is 16.6. The van der Waals surface area contributed by atoms with Crippen LogP contribution in [0, 0.1) is 17.6 Å². The summed E-state index contributed by atoms with van der Waals surface area (Å²) < 4.78 is 33.9. The fraction of sp³-hybridized carbons (Fsp3) is 0.217. The Morgan fingerprint density at radius 3 is 2.55 bits per heavy atom. The Labute approximate surface area is 176 Å². The summed E-state index contributed by atoms with van der Waals surface area (Å²) in [5, 5.41) is 0. The first-order chi connectivity index (χ1) is 15.0. The van der Waals surface area contributed by atoms with E-state index in [4.69, 9.17) is 4.74 Å². The fourth-order valence-corrected chi connectivity index (χ4v) is 3.67. The minimum Gasteiger partial charge on any atom is -0.460 e. The molecule has 1 aliphatic carbocycles. The number of aromatic amines is 1. The smallest absolute Gasteiger partial charge is 0.316 e. The first-order valence-corrected chi connectivity index (χ1v) is 9.91. The number of rotatable bonds is 5. The highest BCUT2D eigenvalue weighted by atomic mass is 19.1. The lowest BCUT2D eigenvalue weighted by Crippen LogP contribution is -2.37. The summed E-state index contributed by atoms with van der Waals surface area (Å²) in [4.78, 5) is 27.0. The highest BCUT2D eigenvalue weighted by molar-refractivity contribution is 5.80. The van der Waals surface area contributed by atoms with Crippen LogP contribution < -0.4 is 4.74 Å². The molecule has 4 aromatic rings. The van der Waals surface area contributed by atoms with Crippen molar-refractivity contribution >= 4 is 16.8 Å². The van der Waals surface area contributed by atoms with Crippen LogP contribution in [0.1, 0.15) is 19.8 Å². The Bertz CT molecular complexity index is 1280. The van der Waals surface area contributed by atoms with Crippen LogP contribution in [0.4, 0.5) is 8.78 Å². The van der Waals surface area contributed by atoms with Crippen molar-refractivity contribution in [2.75, 3.05) is 0 Å². The maximum absolute atomic E-state index is 14.8. The molecule has 5 rings (SSSR count). The Kier molecular flexibility index (Phi) is 4.69. The molecule has 2 aromatic carbocycles. The van der Waals surface area contributed by atoms with Crippen molar-refractivity contribution in [3.63, 3.8) is 0 Å². The third kappa shape index (κ3) is 3.76. The zero-order valence-electron chi connectivity index (χ0n) is 16.6. The predicted octanol–water partition coefficient (Wildman–Crippen LogP) is 4.71. The van der Waals surface area contributed by atoms with Gasteiger partial charge in [0.1, 0.15) is 29.3 Å². The van der Waals surface area contributed by atoms with Gasteiger partial charge in [-0.15, -0.1) is 0 Å². The van der Waals surface area contributed by atoms with Gasteiger partial charge in [-0.3, -0.25) is 4.79 Å². The Morgan fingerprint density at radius 1 is 1.06 bits per heavy atom. The fourth-order valence-electron chi connectivity index (χ4n) is 3.67. The van der Waals surface area contributed by atoms with Crippen LogP contribution in [0.15, 0.2) is 48.8 Å².